The number of aliphatic hydroxyl groups is 1. The lowest BCUT2D eigenvalue weighted by atomic mass is 10.1. The maximum atomic E-state index is 15.1. The zero-order valence-corrected chi connectivity index (χ0v) is 25.4. The lowest BCUT2D eigenvalue weighted by Gasteiger charge is -2.27. The Morgan fingerprint density at radius 2 is 1.51 bits per heavy atom. The number of esters is 2. The van der Waals surface area contributed by atoms with Gasteiger partial charge in [0.1, 0.15) is 43.3 Å². The number of aromatic nitrogens is 2. The van der Waals surface area contributed by atoms with Gasteiger partial charge in [0.25, 0.3) is 0 Å². The molecular weight excluding hydrogens is 612 g/mol. The number of rotatable bonds is 14. The lowest BCUT2D eigenvalue weighted by Crippen LogP contribution is -2.43. The number of benzene rings is 2. The van der Waals surface area contributed by atoms with Crippen LogP contribution in [0.3, 0.4) is 0 Å². The predicted octanol–water partition coefficient (Wildman–Crippen LogP) is 1.99. The van der Waals surface area contributed by atoms with Gasteiger partial charge in [-0.15, -0.1) is 0 Å². The van der Waals surface area contributed by atoms with E-state index in [1.165, 1.54) is 26.1 Å². The van der Waals surface area contributed by atoms with Gasteiger partial charge in [0.15, 0.2) is 12.4 Å². The van der Waals surface area contributed by atoms with Crippen LogP contribution in [0.15, 0.2) is 77.7 Å². The Bertz CT molecular complexity index is 1480. The fourth-order valence-corrected chi connectivity index (χ4v) is 6.12. The molecule has 14 nitrogen and oxygen atoms in total. The Kier molecular flexibility index (Phi) is 11.6. The van der Waals surface area contributed by atoms with Gasteiger partial charge in [-0.25, -0.2) is 19.4 Å². The van der Waals surface area contributed by atoms with Crippen molar-refractivity contribution in [3.05, 3.63) is 94.5 Å². The number of alkyl halides is 1. The zero-order valence-electron chi connectivity index (χ0n) is 24.5. The fraction of sp³-hybridized carbons (Fsp3) is 0.379. The average Bonchev–Trinajstić information content (AvgIpc) is 3.31. The van der Waals surface area contributed by atoms with Crippen molar-refractivity contribution in [2.45, 2.75) is 63.8 Å². The molecule has 4 rings (SSSR count). The van der Waals surface area contributed by atoms with E-state index in [-0.39, 0.29) is 19.0 Å². The van der Waals surface area contributed by atoms with Gasteiger partial charge in [0, 0.05) is 6.20 Å². The average molecular weight is 648 g/mol. The van der Waals surface area contributed by atoms with Gasteiger partial charge in [-0.2, -0.15) is 4.98 Å². The van der Waals surface area contributed by atoms with Crippen molar-refractivity contribution in [2.24, 2.45) is 0 Å². The number of nitrogens with one attached hydrogen (secondary N) is 2. The minimum atomic E-state index is -4.36. The molecule has 1 saturated heterocycles. The molecular formula is C29H35FN5O9P. The summed E-state index contributed by atoms with van der Waals surface area (Å²) >= 11 is 0. The normalized spacial score (nSPS) is 21.2. The van der Waals surface area contributed by atoms with Crippen molar-refractivity contribution >= 4 is 25.4 Å². The predicted molar refractivity (Wildman–Crippen MR) is 159 cm³/mol. The molecule has 1 aliphatic rings. The van der Waals surface area contributed by atoms with Crippen molar-refractivity contribution in [3.63, 3.8) is 0 Å². The quantitative estimate of drug-likeness (QED) is 0.147. The van der Waals surface area contributed by atoms with E-state index >= 15 is 4.39 Å². The number of nitrogens with zero attached hydrogens (tertiary/aromatic N) is 2. The molecule has 0 amide bonds. The molecule has 6 atom stereocenters. The van der Waals surface area contributed by atoms with E-state index in [1.54, 1.807) is 48.5 Å². The van der Waals surface area contributed by atoms with Crippen LogP contribution in [0.2, 0.25) is 0 Å². The number of carbonyl (C=O) groups excluding carboxylic acids is 2. The van der Waals surface area contributed by atoms with Crippen LogP contribution in [0, 0.1) is 0 Å². The van der Waals surface area contributed by atoms with Crippen molar-refractivity contribution in [2.75, 3.05) is 12.3 Å². The molecule has 0 radical (unpaired) electrons. The van der Waals surface area contributed by atoms with Crippen LogP contribution in [-0.2, 0) is 46.1 Å². The summed E-state index contributed by atoms with van der Waals surface area (Å²) in [6.07, 6.45) is -5.68. The number of aliphatic hydroxyl groups excluding tert-OH is 1. The number of anilines is 1. The summed E-state index contributed by atoms with van der Waals surface area (Å²) in [7, 11) is -4.36. The van der Waals surface area contributed by atoms with Crippen molar-refractivity contribution < 1.29 is 42.4 Å². The topological polar surface area (TPSA) is 193 Å². The molecule has 242 valence electrons. The Labute approximate surface area is 258 Å². The van der Waals surface area contributed by atoms with Gasteiger partial charge in [0.2, 0.25) is 0 Å². The molecule has 0 aliphatic carbocycles. The van der Waals surface area contributed by atoms with E-state index in [0.717, 1.165) is 15.7 Å². The third-order valence-electron chi connectivity index (χ3n) is 6.72. The number of halogens is 1. The molecule has 0 spiro atoms. The highest BCUT2D eigenvalue weighted by atomic mass is 31.2. The Morgan fingerprint density at radius 3 is 2.00 bits per heavy atom. The van der Waals surface area contributed by atoms with E-state index < -0.39 is 68.6 Å². The van der Waals surface area contributed by atoms with E-state index in [1.807, 2.05) is 12.1 Å². The monoisotopic (exact) mass is 647 g/mol. The van der Waals surface area contributed by atoms with E-state index in [4.69, 9.17) is 24.5 Å². The Hall–Kier alpha value is -3.98. The Morgan fingerprint density at radius 1 is 1.00 bits per heavy atom. The molecule has 3 aromatic rings. The number of ether oxygens (including phenoxy) is 3. The minimum absolute atomic E-state index is 0.0510. The van der Waals surface area contributed by atoms with Gasteiger partial charge in [-0.1, -0.05) is 60.7 Å². The maximum absolute atomic E-state index is 15.1. The van der Waals surface area contributed by atoms with Gasteiger partial charge in [-0.05, 0) is 31.0 Å². The van der Waals surface area contributed by atoms with Gasteiger partial charge in [-0.3, -0.25) is 18.7 Å². The lowest BCUT2D eigenvalue weighted by molar-refractivity contribution is -0.147. The molecule has 0 bridgehead atoms. The summed E-state index contributed by atoms with van der Waals surface area (Å²) in [4.78, 5) is 41.3. The maximum Gasteiger partial charge on any atom is 0.351 e. The van der Waals surface area contributed by atoms with Crippen molar-refractivity contribution in [1.82, 2.24) is 19.7 Å². The third kappa shape index (κ3) is 9.26. The van der Waals surface area contributed by atoms with Crippen LogP contribution >= 0.6 is 7.67 Å². The highest BCUT2D eigenvalue weighted by Gasteiger charge is 2.47. The molecule has 2 unspecified atom stereocenters. The molecule has 16 heteroatoms. The summed E-state index contributed by atoms with van der Waals surface area (Å²) in [5.41, 5.74) is 6.06. The molecule has 1 fully saturated rings. The van der Waals surface area contributed by atoms with E-state index in [9.17, 15) is 24.1 Å². The second-order valence-electron chi connectivity index (χ2n) is 10.3. The van der Waals surface area contributed by atoms with Crippen LogP contribution in [-0.4, -0.2) is 63.7 Å². The summed E-state index contributed by atoms with van der Waals surface area (Å²) < 4.78 is 51.7. The van der Waals surface area contributed by atoms with Gasteiger partial charge in [0.05, 0.1) is 6.61 Å². The van der Waals surface area contributed by atoms with Crippen LogP contribution in [0.25, 0.3) is 0 Å². The Balaban J connectivity index is 1.44. The number of carbonyl (C=O) groups is 2. The number of hydrogen-bond donors (Lipinski definition) is 4. The summed E-state index contributed by atoms with van der Waals surface area (Å²) in [6.45, 7) is 1.91. The highest BCUT2D eigenvalue weighted by molar-refractivity contribution is 7.54. The second kappa shape index (κ2) is 15.3. The first-order chi connectivity index (χ1) is 21.5. The number of nitrogens with two attached hydrogens (primary N) is 1. The minimum Gasteiger partial charge on any atom is -0.460 e. The SMILES string of the molecule is C[C@H](NP(=O)(N[C@@H](C)C(=O)OCc1ccccc1)OCC1OC(n2ccc(N)nc2=O)[C@H](O)[C@@H]1F)C(=O)OCc1ccccc1. The van der Waals surface area contributed by atoms with Gasteiger partial charge >= 0.3 is 25.3 Å². The zero-order chi connectivity index (χ0) is 32.6. The van der Waals surface area contributed by atoms with Crippen molar-refractivity contribution in [3.8, 4) is 0 Å². The molecule has 5 N–H and O–H groups in total. The van der Waals surface area contributed by atoms with Crippen LogP contribution in [0.5, 0.6) is 0 Å². The van der Waals surface area contributed by atoms with Crippen LogP contribution in [0.1, 0.15) is 31.2 Å². The molecule has 2 heterocycles. The number of nitrogen functional groups attached to an aromatic ring is 1. The fourth-order valence-electron chi connectivity index (χ4n) is 4.31. The molecule has 2 aromatic carbocycles. The standard InChI is InChI=1S/C29H35FN5O9P/c1-18(27(37)41-15-20-9-5-3-6-10-20)33-45(40,34-19(2)28(38)42-16-21-11-7-4-8-12-21)43-17-22-24(30)25(36)26(44-22)35-14-13-23(31)32-29(35)39/h3-14,18-19,22,24-26,36H,15-17H2,1-2H3,(H2,31,32,39)(H2,33,34,40)/t18-,19-,22?,24+,25+,26?/m0/s1. The van der Waals surface area contributed by atoms with E-state index in [0.29, 0.717) is 0 Å². The van der Waals surface area contributed by atoms with Crippen molar-refractivity contribution in [1.29, 1.82) is 0 Å². The first kappa shape index (κ1) is 33.9. The summed E-state index contributed by atoms with van der Waals surface area (Å²) in [5, 5.41) is 15.5. The van der Waals surface area contributed by atoms with Gasteiger partial charge < -0.3 is 29.6 Å². The summed E-state index contributed by atoms with van der Waals surface area (Å²) in [5.74, 6) is -1.64. The van der Waals surface area contributed by atoms with E-state index in [2.05, 4.69) is 15.2 Å². The molecule has 1 aromatic heterocycles. The molecule has 1 aliphatic heterocycles. The smallest absolute Gasteiger partial charge is 0.351 e. The number of hydrogen-bond acceptors (Lipinski definition) is 11. The first-order valence-electron chi connectivity index (χ1n) is 14.0. The summed E-state index contributed by atoms with van der Waals surface area (Å²) in [6, 6.07) is 16.6. The first-order valence-corrected chi connectivity index (χ1v) is 15.6. The van der Waals surface area contributed by atoms with Crippen LogP contribution < -0.4 is 21.6 Å². The third-order valence-corrected chi connectivity index (χ3v) is 8.68. The largest absolute Gasteiger partial charge is 0.460 e. The molecule has 45 heavy (non-hydrogen) atoms. The van der Waals surface area contributed by atoms with Crippen LogP contribution in [0.4, 0.5) is 10.2 Å². The highest BCUT2D eigenvalue weighted by Crippen LogP contribution is 2.41. The second-order valence-corrected chi connectivity index (χ2v) is 12.2. The molecule has 0 saturated carbocycles.